The third-order valence-corrected chi connectivity index (χ3v) is 3.45. The summed E-state index contributed by atoms with van der Waals surface area (Å²) in [5.41, 5.74) is 0.731. The van der Waals surface area contributed by atoms with E-state index in [9.17, 15) is 4.39 Å². The predicted molar refractivity (Wildman–Crippen MR) is 68.6 cm³/mol. The molecular weight excluding hydrogens is 241 g/mol. The number of hydrogen-bond donors (Lipinski definition) is 2. The van der Waals surface area contributed by atoms with Crippen LogP contribution in [0.3, 0.4) is 0 Å². The molecule has 0 aliphatic rings. The molecule has 1 rings (SSSR count). The average molecular weight is 260 g/mol. The molecular formula is C13H19ClFNO. The average Bonchev–Trinajstić information content (AvgIpc) is 2.31. The first kappa shape index (κ1) is 14.4. The van der Waals surface area contributed by atoms with Gasteiger partial charge in [-0.2, -0.15) is 0 Å². The number of aliphatic hydroxyl groups excluding tert-OH is 1. The molecule has 0 saturated carbocycles. The Hall–Kier alpha value is -0.640. The molecule has 0 aromatic heterocycles. The second-order valence-corrected chi connectivity index (χ2v) is 4.90. The van der Waals surface area contributed by atoms with Gasteiger partial charge >= 0.3 is 0 Å². The first-order valence-corrected chi connectivity index (χ1v) is 6.18. The van der Waals surface area contributed by atoms with Gasteiger partial charge in [-0.3, -0.25) is 0 Å². The standard InChI is InChI=1S/C13H19ClFNO/c1-3-13(2,6-7-17)16-9-10-4-5-11(14)12(15)8-10/h4-5,8,16-17H,3,6-7,9H2,1-2H3. The number of hydrogen-bond acceptors (Lipinski definition) is 2. The number of rotatable bonds is 6. The second-order valence-electron chi connectivity index (χ2n) is 4.49. The van der Waals surface area contributed by atoms with E-state index >= 15 is 0 Å². The van der Waals surface area contributed by atoms with E-state index in [0.29, 0.717) is 13.0 Å². The fourth-order valence-electron chi connectivity index (χ4n) is 1.60. The Morgan fingerprint density at radius 1 is 1.47 bits per heavy atom. The van der Waals surface area contributed by atoms with Gasteiger partial charge in [0.05, 0.1) is 5.02 Å². The normalized spacial score (nSPS) is 14.6. The fraction of sp³-hybridized carbons (Fsp3) is 0.538. The highest BCUT2D eigenvalue weighted by molar-refractivity contribution is 6.30. The lowest BCUT2D eigenvalue weighted by molar-refractivity contribution is 0.214. The van der Waals surface area contributed by atoms with Crippen molar-refractivity contribution >= 4 is 11.6 Å². The van der Waals surface area contributed by atoms with E-state index in [4.69, 9.17) is 16.7 Å². The van der Waals surface area contributed by atoms with Crippen molar-refractivity contribution in [2.45, 2.75) is 38.8 Å². The Balaban J connectivity index is 2.62. The summed E-state index contributed by atoms with van der Waals surface area (Å²) in [5.74, 6) is -0.397. The van der Waals surface area contributed by atoms with Gasteiger partial charge in [0.2, 0.25) is 0 Å². The van der Waals surface area contributed by atoms with Crippen molar-refractivity contribution in [3.05, 3.63) is 34.6 Å². The van der Waals surface area contributed by atoms with Crippen LogP contribution in [-0.4, -0.2) is 17.3 Å². The molecule has 2 nitrogen and oxygen atoms in total. The molecule has 0 saturated heterocycles. The smallest absolute Gasteiger partial charge is 0.142 e. The molecule has 0 radical (unpaired) electrons. The number of nitrogens with one attached hydrogen (secondary N) is 1. The van der Waals surface area contributed by atoms with Crippen LogP contribution in [0.4, 0.5) is 4.39 Å². The van der Waals surface area contributed by atoms with Crippen molar-refractivity contribution in [1.29, 1.82) is 0 Å². The minimum absolute atomic E-state index is 0.120. The lowest BCUT2D eigenvalue weighted by atomic mass is 9.94. The zero-order valence-corrected chi connectivity index (χ0v) is 11.0. The quantitative estimate of drug-likeness (QED) is 0.823. The van der Waals surface area contributed by atoms with Gasteiger partial charge in [-0.25, -0.2) is 4.39 Å². The Morgan fingerprint density at radius 3 is 2.71 bits per heavy atom. The zero-order valence-electron chi connectivity index (χ0n) is 10.3. The number of benzene rings is 1. The zero-order chi connectivity index (χ0) is 12.9. The van der Waals surface area contributed by atoms with Gasteiger partial charge in [-0.1, -0.05) is 24.6 Å². The summed E-state index contributed by atoms with van der Waals surface area (Å²) in [7, 11) is 0. The summed E-state index contributed by atoms with van der Waals surface area (Å²) in [6.07, 6.45) is 1.59. The first-order valence-electron chi connectivity index (χ1n) is 5.80. The minimum atomic E-state index is -0.397. The molecule has 1 atom stereocenters. The first-order chi connectivity index (χ1) is 8.00. The number of halogens is 2. The summed E-state index contributed by atoms with van der Waals surface area (Å²) in [6, 6.07) is 4.79. The van der Waals surface area contributed by atoms with Crippen LogP contribution < -0.4 is 5.32 Å². The van der Waals surface area contributed by atoms with Crippen molar-refractivity contribution in [2.24, 2.45) is 0 Å². The highest BCUT2D eigenvalue weighted by atomic mass is 35.5. The van der Waals surface area contributed by atoms with E-state index in [2.05, 4.69) is 19.2 Å². The molecule has 4 heteroatoms. The van der Waals surface area contributed by atoms with Crippen LogP contribution in [0.1, 0.15) is 32.3 Å². The maximum Gasteiger partial charge on any atom is 0.142 e. The Kier molecular flexibility index (Phi) is 5.37. The molecule has 0 aliphatic heterocycles. The van der Waals surface area contributed by atoms with Crippen LogP contribution >= 0.6 is 11.6 Å². The van der Waals surface area contributed by atoms with Crippen LogP contribution in [0.2, 0.25) is 5.02 Å². The third-order valence-electron chi connectivity index (χ3n) is 3.15. The molecule has 0 fully saturated rings. The van der Waals surface area contributed by atoms with Gasteiger partial charge in [0, 0.05) is 18.7 Å². The molecule has 0 heterocycles. The van der Waals surface area contributed by atoms with Gasteiger partial charge in [0.1, 0.15) is 5.82 Å². The fourth-order valence-corrected chi connectivity index (χ4v) is 1.72. The summed E-state index contributed by atoms with van der Waals surface area (Å²) in [4.78, 5) is 0. The van der Waals surface area contributed by atoms with Crippen LogP contribution in [0.15, 0.2) is 18.2 Å². The lowest BCUT2D eigenvalue weighted by Gasteiger charge is -2.29. The van der Waals surface area contributed by atoms with Crippen molar-refractivity contribution in [3.63, 3.8) is 0 Å². The molecule has 1 aromatic carbocycles. The molecule has 17 heavy (non-hydrogen) atoms. The van der Waals surface area contributed by atoms with Gasteiger partial charge in [-0.15, -0.1) is 0 Å². The summed E-state index contributed by atoms with van der Waals surface area (Å²) >= 11 is 5.62. The van der Waals surface area contributed by atoms with Crippen LogP contribution in [0.25, 0.3) is 0 Å². The van der Waals surface area contributed by atoms with Crippen LogP contribution in [0, 0.1) is 5.82 Å². The SMILES string of the molecule is CCC(C)(CCO)NCc1ccc(Cl)c(F)c1. The Morgan fingerprint density at radius 2 is 2.18 bits per heavy atom. The molecule has 0 aliphatic carbocycles. The van der Waals surface area contributed by atoms with Crippen molar-refractivity contribution in [3.8, 4) is 0 Å². The summed E-state index contributed by atoms with van der Waals surface area (Å²) in [6.45, 7) is 4.82. The summed E-state index contributed by atoms with van der Waals surface area (Å²) in [5, 5.41) is 12.5. The van der Waals surface area contributed by atoms with Crippen molar-refractivity contribution < 1.29 is 9.50 Å². The molecule has 96 valence electrons. The minimum Gasteiger partial charge on any atom is -0.396 e. The molecule has 2 N–H and O–H groups in total. The maximum atomic E-state index is 13.2. The van der Waals surface area contributed by atoms with Crippen LogP contribution in [-0.2, 0) is 6.54 Å². The second kappa shape index (κ2) is 6.34. The monoisotopic (exact) mass is 259 g/mol. The number of aliphatic hydroxyl groups is 1. The third kappa shape index (κ3) is 4.26. The highest BCUT2D eigenvalue weighted by Crippen LogP contribution is 2.18. The molecule has 0 spiro atoms. The lowest BCUT2D eigenvalue weighted by Crippen LogP contribution is -2.42. The van der Waals surface area contributed by atoms with E-state index in [1.165, 1.54) is 6.07 Å². The van der Waals surface area contributed by atoms with Crippen molar-refractivity contribution in [1.82, 2.24) is 5.32 Å². The van der Waals surface area contributed by atoms with Gasteiger partial charge in [-0.05, 0) is 37.5 Å². The van der Waals surface area contributed by atoms with Gasteiger partial charge in [0.15, 0.2) is 0 Å². The molecule has 0 amide bonds. The predicted octanol–water partition coefficient (Wildman–Crippen LogP) is 3.12. The molecule has 1 aromatic rings. The Bertz CT molecular complexity index is 372. The van der Waals surface area contributed by atoms with E-state index < -0.39 is 5.82 Å². The van der Waals surface area contributed by atoms with E-state index in [1.54, 1.807) is 12.1 Å². The van der Waals surface area contributed by atoms with Crippen LogP contribution in [0.5, 0.6) is 0 Å². The van der Waals surface area contributed by atoms with E-state index in [1.807, 2.05) is 0 Å². The highest BCUT2D eigenvalue weighted by Gasteiger charge is 2.20. The van der Waals surface area contributed by atoms with Gasteiger partial charge in [0.25, 0.3) is 0 Å². The molecule has 0 bridgehead atoms. The maximum absolute atomic E-state index is 13.2. The van der Waals surface area contributed by atoms with Crippen molar-refractivity contribution in [2.75, 3.05) is 6.61 Å². The van der Waals surface area contributed by atoms with E-state index in [-0.39, 0.29) is 17.2 Å². The van der Waals surface area contributed by atoms with E-state index in [0.717, 1.165) is 12.0 Å². The van der Waals surface area contributed by atoms with Gasteiger partial charge < -0.3 is 10.4 Å². The largest absolute Gasteiger partial charge is 0.396 e. The Labute approximate surface area is 107 Å². The summed E-state index contributed by atoms with van der Waals surface area (Å²) < 4.78 is 13.2. The topological polar surface area (TPSA) is 32.3 Å². The molecule has 1 unspecified atom stereocenters.